The van der Waals surface area contributed by atoms with Gasteiger partial charge in [0.25, 0.3) is 5.56 Å². The molecule has 0 bridgehead atoms. The third-order valence-corrected chi connectivity index (χ3v) is 20.5. The number of thioether (sulfide) groups is 1. The van der Waals surface area contributed by atoms with Crippen molar-refractivity contribution in [3.63, 3.8) is 0 Å². The van der Waals surface area contributed by atoms with Gasteiger partial charge in [0, 0.05) is 105 Å². The Hall–Kier alpha value is -8.96. The molecular weight excluding hydrogens is 1520 g/mol. The average molecular weight is 1620 g/mol. The van der Waals surface area contributed by atoms with Crippen molar-refractivity contribution in [1.82, 2.24) is 38.9 Å². The summed E-state index contributed by atoms with van der Waals surface area (Å²) in [5.74, 6) is 3.45. The number of nitrogens with one attached hydrogen (secondary N) is 2. The van der Waals surface area contributed by atoms with Crippen LogP contribution in [-0.2, 0) is 136 Å². The predicted molar refractivity (Wildman–Crippen MR) is 421 cm³/mol. The van der Waals surface area contributed by atoms with E-state index in [4.69, 9.17) is 67.6 Å². The van der Waals surface area contributed by atoms with Crippen molar-refractivity contribution in [3.8, 4) is 23.2 Å². The lowest BCUT2D eigenvalue weighted by Crippen LogP contribution is -2.47. The van der Waals surface area contributed by atoms with E-state index in [0.717, 1.165) is 34.1 Å². The first-order chi connectivity index (χ1) is 55.2. The number of aryl methyl sites for hydroxylation is 1. The van der Waals surface area contributed by atoms with Crippen LogP contribution in [0.4, 0.5) is 15.3 Å². The topological polar surface area (TPSA) is 396 Å². The van der Waals surface area contributed by atoms with Gasteiger partial charge in [-0.1, -0.05) is 60.9 Å². The number of Topliss-reactive ketones (excluding diaryl/α,β-unsaturated/α-hetero) is 3. The Morgan fingerprint density at radius 1 is 0.728 bits per heavy atom. The molecule has 34 heteroatoms. The van der Waals surface area contributed by atoms with Crippen molar-refractivity contribution in [2.24, 2.45) is 11.7 Å². The number of sulfonamides is 1. The molecule has 8 rings (SSSR count). The van der Waals surface area contributed by atoms with Gasteiger partial charge < -0.3 is 77.8 Å². The van der Waals surface area contributed by atoms with E-state index in [1.54, 1.807) is 69.7 Å². The molecule has 32 nitrogen and oxygen atoms in total. The van der Waals surface area contributed by atoms with Crippen molar-refractivity contribution in [2.45, 2.75) is 141 Å². The van der Waals surface area contributed by atoms with E-state index in [1.165, 1.54) is 26.9 Å². The highest BCUT2D eigenvalue weighted by Crippen LogP contribution is 2.43. The number of unbranched alkanes of at least 4 members (excludes halogenated alkanes) is 1. The van der Waals surface area contributed by atoms with E-state index in [9.17, 15) is 46.8 Å². The molecule has 4 N–H and O–H groups in total. The highest BCUT2D eigenvalue weighted by atomic mass is 32.2. The molecule has 0 unspecified atom stereocenters. The van der Waals surface area contributed by atoms with Crippen LogP contribution in [0.2, 0.25) is 0 Å². The number of anilines is 1. The summed E-state index contributed by atoms with van der Waals surface area (Å²) in [6.07, 6.45) is 13.1. The molecule has 0 spiro atoms. The molecule has 2 aromatic carbocycles. The van der Waals surface area contributed by atoms with E-state index in [1.807, 2.05) is 41.4 Å². The Balaban J connectivity index is 0.612. The minimum Gasteiger partial charge on any atom is -0.457 e. The number of urea groups is 1. The largest absolute Gasteiger partial charge is 0.510 e. The zero-order chi connectivity index (χ0) is 81.5. The van der Waals surface area contributed by atoms with Crippen LogP contribution in [0.25, 0.3) is 22.3 Å². The maximum absolute atomic E-state index is 14.4. The van der Waals surface area contributed by atoms with Gasteiger partial charge in [0.15, 0.2) is 16.7 Å². The molecule has 3 amide bonds. The smallest absolute Gasteiger partial charge is 0.457 e. The number of benzene rings is 2. The number of esters is 1. The highest BCUT2D eigenvalue weighted by molar-refractivity contribution is 7.98. The number of nitrogens with two attached hydrogens (primary N) is 1. The Kier molecular flexibility index (Phi) is 38.5. The van der Waals surface area contributed by atoms with Crippen LogP contribution in [0.1, 0.15) is 124 Å². The lowest BCUT2D eigenvalue weighted by Gasteiger charge is -2.35. The molecule has 0 saturated carbocycles. The number of cyclic esters (lactones) is 1. The van der Waals surface area contributed by atoms with Gasteiger partial charge in [-0.25, -0.2) is 37.8 Å². The number of primary amides is 1. The number of aromatic nitrogens is 6. The van der Waals surface area contributed by atoms with Crippen molar-refractivity contribution >= 4 is 79.8 Å². The normalized spacial score (nSPS) is 13.9. The number of amides is 3. The quantitative estimate of drug-likeness (QED) is 0.0111. The molecule has 4 aromatic heterocycles. The van der Waals surface area contributed by atoms with Gasteiger partial charge in [0.1, 0.15) is 32.2 Å². The second kappa shape index (κ2) is 48.4. The first kappa shape index (κ1) is 90.6. The number of hydrogen-bond donors (Lipinski definition) is 3. The number of pyridine rings is 2. The van der Waals surface area contributed by atoms with Crippen LogP contribution in [-0.4, -0.2) is 234 Å². The van der Waals surface area contributed by atoms with Crippen LogP contribution < -0.4 is 21.9 Å². The molecule has 0 fully saturated rings. The molecule has 114 heavy (non-hydrogen) atoms. The lowest BCUT2D eigenvalue weighted by molar-refractivity contribution is -0.175. The van der Waals surface area contributed by atoms with Gasteiger partial charge in [-0.3, -0.25) is 28.7 Å². The minimum atomic E-state index is -3.55. The zero-order valence-electron chi connectivity index (χ0n) is 65.6. The van der Waals surface area contributed by atoms with Crippen LogP contribution >= 0.6 is 11.8 Å². The summed E-state index contributed by atoms with van der Waals surface area (Å²) in [5.41, 5.74) is 8.58. The molecule has 0 aliphatic carbocycles. The number of hydrogen-bond acceptors (Lipinski definition) is 27. The molecule has 620 valence electrons. The molecule has 2 aliphatic rings. The van der Waals surface area contributed by atoms with Gasteiger partial charge in [-0.05, 0) is 106 Å². The number of para-hydroxylation sites is 1. The monoisotopic (exact) mass is 1620 g/mol. The van der Waals surface area contributed by atoms with Crippen molar-refractivity contribution < 1.29 is 98.8 Å². The van der Waals surface area contributed by atoms with E-state index in [-0.39, 0.29) is 93.9 Å². The Labute approximate surface area is 668 Å². The van der Waals surface area contributed by atoms with E-state index < -0.39 is 63.6 Å². The first-order valence-electron chi connectivity index (χ1n) is 38.4. The maximum Gasteiger partial charge on any atom is 0.510 e. The standard InChI is InChI=1S/C80H106N10O22S2/c1-6-80(70-47-72-73-68(52-89(72)75(95)69(70)56-110-76(80)96)66(67-18-10-11-19-71(67)87-73)26-28-90(57(2)3)114(5,99)100)112-79(98)111-53-58-20-23-62(24-21-58)86-74(94)61(15-12-27-82-77(81)97)46-65(93)55-109-54-64(92)17-13-30-101-32-34-103-36-38-105-40-42-107-44-45-108-43-41-106-39-37-104-35-33-102-31-29-88-51-60(50-85-88)22-25-63(91)16-9-7-8-14-59-48-83-78(113-4)84-49-59/h10-11,18-21,23-24,47-51,57,61H,6-7,9,12-13,15-17,22,25-46,52-56H2,1-5H3,(H,86,94)(H3,81,82,97)/t61-,80+/m1/s1. The summed E-state index contributed by atoms with van der Waals surface area (Å²) in [7, 11) is -3.55. The van der Waals surface area contributed by atoms with Gasteiger partial charge in [0.2, 0.25) is 21.5 Å². The molecule has 0 radical (unpaired) electrons. The molecule has 0 saturated heterocycles. The zero-order valence-corrected chi connectivity index (χ0v) is 67.3. The SMILES string of the molecule is CC[C@@]1(OC(=O)OCc2ccc(NC(=O)[C@H](CCCNC(N)=O)CC(=O)COCC(=O)CCCOCCOCCOCCOCCOCCOCCOCCOCCn3cc(CCC(=O)CCCC#Cc4cnc(SC)nc4)cn3)cc2)C(=O)OCc2c1cc1n(c2=O)Cc2c-1nc1ccccc1c2CCN(C(C)C)S(C)(=O)=O. The van der Waals surface area contributed by atoms with Crippen molar-refractivity contribution in [1.29, 1.82) is 0 Å². The van der Waals surface area contributed by atoms with Crippen molar-refractivity contribution in [2.75, 3.05) is 150 Å². The third-order valence-electron chi connectivity index (χ3n) is 18.5. The number of nitrogens with zero attached hydrogens (tertiary/aromatic N) is 7. The molecule has 2 aliphatic heterocycles. The van der Waals surface area contributed by atoms with Crippen LogP contribution in [0, 0.1) is 17.8 Å². The summed E-state index contributed by atoms with van der Waals surface area (Å²) < 4.78 is 97.3. The van der Waals surface area contributed by atoms with E-state index in [0.29, 0.717) is 191 Å². The first-order valence-corrected chi connectivity index (χ1v) is 41.5. The lowest BCUT2D eigenvalue weighted by atomic mass is 9.85. The number of ketones is 3. The predicted octanol–water partition coefficient (Wildman–Crippen LogP) is 7.25. The van der Waals surface area contributed by atoms with Crippen molar-refractivity contribution in [3.05, 3.63) is 129 Å². The second-order valence-electron chi connectivity index (χ2n) is 27.2. The van der Waals surface area contributed by atoms with E-state index >= 15 is 0 Å². The van der Waals surface area contributed by atoms with E-state index in [2.05, 4.69) is 37.5 Å². The number of carbonyl (C=O) groups is 7. The molecular formula is C80H106N10O22S2. The maximum atomic E-state index is 14.4. The Morgan fingerprint density at radius 3 is 1.97 bits per heavy atom. The summed E-state index contributed by atoms with van der Waals surface area (Å²) in [4.78, 5) is 118. The summed E-state index contributed by atoms with van der Waals surface area (Å²) >= 11 is 1.48. The van der Waals surface area contributed by atoms with Crippen LogP contribution in [0.3, 0.4) is 0 Å². The minimum absolute atomic E-state index is 0.114. The summed E-state index contributed by atoms with van der Waals surface area (Å²) in [6.45, 7) is 11.3. The number of ether oxygens (including phenoxy) is 12. The highest BCUT2D eigenvalue weighted by Gasteiger charge is 2.51. The fourth-order valence-corrected chi connectivity index (χ4v) is 14.2. The summed E-state index contributed by atoms with van der Waals surface area (Å²) in [6, 6.07) is 14.3. The summed E-state index contributed by atoms with van der Waals surface area (Å²) in [5, 5.41) is 11.2. The molecule has 6 heterocycles. The average Bonchev–Trinajstić information content (AvgIpc) is 1.49. The Morgan fingerprint density at radius 2 is 1.35 bits per heavy atom. The molecule has 6 aromatic rings. The second-order valence-corrected chi connectivity index (χ2v) is 29.9. The van der Waals surface area contributed by atoms with Gasteiger partial charge in [-0.15, -0.1) is 0 Å². The van der Waals surface area contributed by atoms with Gasteiger partial charge >= 0.3 is 18.2 Å². The Bertz CT molecular complexity index is 4360. The fourth-order valence-electron chi connectivity index (χ4n) is 12.7. The number of carbonyl (C=O) groups excluding carboxylic acids is 7. The number of fused-ring (bicyclic) bond motifs is 5. The molecule has 2 atom stereocenters. The van der Waals surface area contributed by atoms with Gasteiger partial charge in [-0.2, -0.15) is 9.40 Å². The van der Waals surface area contributed by atoms with Crippen LogP contribution in [0.15, 0.2) is 89.3 Å². The fraction of sp³-hybridized carbons (Fsp3) is 0.550. The third kappa shape index (κ3) is 29.7. The van der Waals surface area contributed by atoms with Crippen LogP contribution in [0.5, 0.6) is 0 Å². The van der Waals surface area contributed by atoms with Gasteiger partial charge in [0.05, 0.1) is 153 Å². The number of rotatable bonds is 56.